The molecule has 0 saturated carbocycles. The van der Waals surface area contributed by atoms with E-state index in [2.05, 4.69) is 13.0 Å². The summed E-state index contributed by atoms with van der Waals surface area (Å²) in [6.07, 6.45) is 4.97. The molecule has 0 saturated heterocycles. The predicted molar refractivity (Wildman–Crippen MR) is 148 cm³/mol. The summed E-state index contributed by atoms with van der Waals surface area (Å²) in [4.78, 5) is 12.8. The Morgan fingerprint density at radius 1 is 0.975 bits per heavy atom. The highest BCUT2D eigenvalue weighted by Gasteiger charge is 2.32. The molecule has 40 heavy (non-hydrogen) atoms. The normalized spacial score (nSPS) is 17.3. The number of para-hydroxylation sites is 2. The number of nitrogens with two attached hydrogens (primary N) is 1. The molecule has 3 aromatic rings. The van der Waals surface area contributed by atoms with Gasteiger partial charge in [0.15, 0.2) is 11.5 Å². The number of unbranched alkanes of at least 4 members (excludes halogenated alkanes) is 4. The summed E-state index contributed by atoms with van der Waals surface area (Å²) in [5.74, 6) is 1.50. The van der Waals surface area contributed by atoms with Crippen molar-refractivity contribution in [2.45, 2.75) is 51.0 Å². The summed E-state index contributed by atoms with van der Waals surface area (Å²) in [5, 5.41) is 9.88. The number of esters is 1. The average molecular weight is 541 g/mol. The van der Waals surface area contributed by atoms with Gasteiger partial charge in [-0.15, -0.1) is 0 Å². The van der Waals surface area contributed by atoms with Crippen molar-refractivity contribution in [3.05, 3.63) is 89.3 Å². The van der Waals surface area contributed by atoms with Crippen LogP contribution in [-0.2, 0) is 4.79 Å². The van der Waals surface area contributed by atoms with Gasteiger partial charge < -0.3 is 29.4 Å². The first-order chi connectivity index (χ1) is 19.6. The van der Waals surface area contributed by atoms with Crippen LogP contribution in [0.25, 0.3) is 0 Å². The van der Waals surface area contributed by atoms with Crippen LogP contribution in [0, 0.1) is 11.3 Å². The number of fused-ring (bicyclic) bond motifs is 2. The zero-order valence-electron chi connectivity index (χ0n) is 22.4. The second-order valence-corrected chi connectivity index (χ2v) is 9.74. The predicted octanol–water partition coefficient (Wildman–Crippen LogP) is 6.00. The number of hydrogen-bond donors (Lipinski definition) is 1. The molecule has 0 bridgehead atoms. The van der Waals surface area contributed by atoms with Crippen molar-refractivity contribution in [3.63, 3.8) is 0 Å². The maximum Gasteiger partial charge on any atom is 0.356 e. The molecule has 2 aliphatic rings. The van der Waals surface area contributed by atoms with Gasteiger partial charge in [-0.2, -0.15) is 5.26 Å². The standard InChI is InChI=1S/C32H32N2O6/c1-2-3-4-5-8-17-36-22-13-11-21(12-14-22)30-24-16-15-23(18-28(24)40-31(34)25(30)19-33)38-32(35)29-20-37-26-9-6-7-10-27(26)39-29/h6-7,9-16,18,29-30H,2-5,8,17,20,34H2,1H3. The molecule has 0 radical (unpaired) electrons. The van der Waals surface area contributed by atoms with Crippen molar-refractivity contribution in [1.82, 2.24) is 0 Å². The van der Waals surface area contributed by atoms with Crippen LogP contribution >= 0.6 is 0 Å². The number of allylic oxidation sites excluding steroid dienone is 1. The fraction of sp³-hybridized carbons (Fsp3) is 0.312. The summed E-state index contributed by atoms with van der Waals surface area (Å²) in [5.41, 5.74) is 8.08. The highest BCUT2D eigenvalue weighted by Crippen LogP contribution is 2.43. The minimum atomic E-state index is -0.910. The molecule has 0 amide bonds. The van der Waals surface area contributed by atoms with Gasteiger partial charge in [-0.3, -0.25) is 0 Å². The molecule has 2 unspecified atom stereocenters. The molecule has 3 aromatic carbocycles. The highest BCUT2D eigenvalue weighted by molar-refractivity contribution is 5.78. The minimum absolute atomic E-state index is 0.0107. The number of rotatable bonds is 10. The van der Waals surface area contributed by atoms with Crippen LogP contribution in [0.3, 0.4) is 0 Å². The van der Waals surface area contributed by atoms with E-state index in [0.717, 1.165) is 29.7 Å². The van der Waals surface area contributed by atoms with E-state index in [0.29, 0.717) is 29.4 Å². The minimum Gasteiger partial charge on any atom is -0.494 e. The Hall–Kier alpha value is -4.64. The SMILES string of the molecule is CCCCCCCOc1ccc(C2C(C#N)=C(N)Oc3cc(OC(=O)C4COc5ccccc5O4)ccc32)cc1. The maximum absolute atomic E-state index is 12.8. The summed E-state index contributed by atoms with van der Waals surface area (Å²) in [6.45, 7) is 2.91. The number of hydrogen-bond acceptors (Lipinski definition) is 8. The lowest BCUT2D eigenvalue weighted by molar-refractivity contribution is -0.144. The molecule has 0 aliphatic carbocycles. The van der Waals surface area contributed by atoms with E-state index in [4.69, 9.17) is 29.4 Å². The zero-order chi connectivity index (χ0) is 27.9. The van der Waals surface area contributed by atoms with Crippen LogP contribution in [0.4, 0.5) is 0 Å². The van der Waals surface area contributed by atoms with E-state index in [1.807, 2.05) is 30.3 Å². The van der Waals surface area contributed by atoms with Gasteiger partial charge in [-0.25, -0.2) is 4.79 Å². The first kappa shape index (κ1) is 26.9. The largest absolute Gasteiger partial charge is 0.494 e. The summed E-state index contributed by atoms with van der Waals surface area (Å²) < 4.78 is 28.6. The van der Waals surface area contributed by atoms with Gasteiger partial charge in [0.05, 0.1) is 12.5 Å². The second-order valence-electron chi connectivity index (χ2n) is 9.74. The topological polar surface area (TPSA) is 113 Å². The van der Waals surface area contributed by atoms with Crippen molar-refractivity contribution in [1.29, 1.82) is 5.26 Å². The number of benzene rings is 3. The third-order valence-corrected chi connectivity index (χ3v) is 6.91. The molecule has 8 nitrogen and oxygen atoms in total. The first-order valence-corrected chi connectivity index (χ1v) is 13.6. The van der Waals surface area contributed by atoms with Gasteiger partial charge in [0.2, 0.25) is 12.0 Å². The molecular weight excluding hydrogens is 508 g/mol. The fourth-order valence-corrected chi connectivity index (χ4v) is 4.81. The molecule has 2 heterocycles. The molecule has 5 rings (SSSR count). The number of ether oxygens (including phenoxy) is 5. The van der Waals surface area contributed by atoms with E-state index < -0.39 is 18.0 Å². The lowest BCUT2D eigenvalue weighted by Gasteiger charge is -2.27. The van der Waals surface area contributed by atoms with Crippen LogP contribution in [0.1, 0.15) is 56.1 Å². The van der Waals surface area contributed by atoms with Gasteiger partial charge in [0.25, 0.3) is 0 Å². The molecular formula is C32H32N2O6. The fourth-order valence-electron chi connectivity index (χ4n) is 4.81. The first-order valence-electron chi connectivity index (χ1n) is 13.6. The molecule has 0 fully saturated rings. The van der Waals surface area contributed by atoms with Crippen molar-refractivity contribution < 1.29 is 28.5 Å². The third kappa shape index (κ3) is 5.99. The Morgan fingerprint density at radius 3 is 2.50 bits per heavy atom. The quantitative estimate of drug-likeness (QED) is 0.189. The lowest BCUT2D eigenvalue weighted by atomic mass is 9.83. The van der Waals surface area contributed by atoms with E-state index in [9.17, 15) is 10.1 Å². The molecule has 2 atom stereocenters. The number of nitriles is 1. The number of carbonyl (C=O) groups excluding carboxylic acids is 1. The van der Waals surface area contributed by atoms with E-state index >= 15 is 0 Å². The van der Waals surface area contributed by atoms with Gasteiger partial charge in [0, 0.05) is 11.6 Å². The number of carbonyl (C=O) groups is 1. The van der Waals surface area contributed by atoms with Gasteiger partial charge in [-0.05, 0) is 42.3 Å². The lowest BCUT2D eigenvalue weighted by Crippen LogP contribution is -2.39. The Bertz CT molecular complexity index is 1430. The van der Waals surface area contributed by atoms with Crippen LogP contribution in [0.15, 0.2) is 78.2 Å². The Balaban J connectivity index is 1.28. The van der Waals surface area contributed by atoms with Crippen LogP contribution in [0.2, 0.25) is 0 Å². The molecule has 2 aliphatic heterocycles. The summed E-state index contributed by atoms with van der Waals surface area (Å²) in [6, 6.07) is 22.1. The molecule has 2 N–H and O–H groups in total. The average Bonchev–Trinajstić information content (AvgIpc) is 2.98. The molecule has 206 valence electrons. The van der Waals surface area contributed by atoms with Crippen LogP contribution in [0.5, 0.6) is 28.7 Å². The summed E-state index contributed by atoms with van der Waals surface area (Å²) >= 11 is 0. The van der Waals surface area contributed by atoms with E-state index in [1.165, 1.54) is 19.3 Å². The molecule has 8 heteroatoms. The smallest absolute Gasteiger partial charge is 0.356 e. The molecule has 0 aromatic heterocycles. The Labute approximate surface area is 233 Å². The van der Waals surface area contributed by atoms with Crippen molar-refractivity contribution in [3.8, 4) is 34.8 Å². The second kappa shape index (κ2) is 12.5. The Morgan fingerprint density at radius 2 is 1.73 bits per heavy atom. The van der Waals surface area contributed by atoms with E-state index in [1.54, 1.807) is 36.4 Å². The van der Waals surface area contributed by atoms with Crippen LogP contribution < -0.4 is 29.4 Å². The van der Waals surface area contributed by atoms with Crippen molar-refractivity contribution in [2.24, 2.45) is 5.73 Å². The van der Waals surface area contributed by atoms with Gasteiger partial charge in [-0.1, -0.05) is 62.9 Å². The summed E-state index contributed by atoms with van der Waals surface area (Å²) in [7, 11) is 0. The highest BCUT2D eigenvalue weighted by atomic mass is 16.6. The monoisotopic (exact) mass is 540 g/mol. The van der Waals surface area contributed by atoms with Crippen molar-refractivity contribution >= 4 is 5.97 Å². The Kier molecular flexibility index (Phi) is 8.41. The molecule has 0 spiro atoms. The van der Waals surface area contributed by atoms with E-state index in [-0.39, 0.29) is 18.2 Å². The van der Waals surface area contributed by atoms with Gasteiger partial charge >= 0.3 is 5.97 Å². The zero-order valence-corrected chi connectivity index (χ0v) is 22.4. The van der Waals surface area contributed by atoms with Gasteiger partial charge in [0.1, 0.15) is 35.5 Å². The number of nitrogens with zero attached hydrogens (tertiary/aromatic N) is 1. The maximum atomic E-state index is 12.8. The van der Waals surface area contributed by atoms with Crippen molar-refractivity contribution in [2.75, 3.05) is 13.2 Å². The van der Waals surface area contributed by atoms with Crippen LogP contribution in [-0.4, -0.2) is 25.3 Å². The third-order valence-electron chi connectivity index (χ3n) is 6.91.